The number of rotatable bonds is 1. The topological polar surface area (TPSA) is 92.5 Å². The molecule has 2 heterocycles. The Bertz CT molecular complexity index is 600. The number of piperidine rings is 1. The van der Waals surface area contributed by atoms with Crippen molar-refractivity contribution in [3.63, 3.8) is 0 Å². The minimum absolute atomic E-state index is 0.136. The Morgan fingerprint density at radius 1 is 1.19 bits per heavy atom. The largest absolute Gasteiger partial charge is 0.333 e. The van der Waals surface area contributed by atoms with Gasteiger partial charge >= 0.3 is 0 Å². The van der Waals surface area contributed by atoms with E-state index in [1.54, 1.807) is 17.9 Å². The van der Waals surface area contributed by atoms with Gasteiger partial charge in [0.2, 0.25) is 5.91 Å². The zero-order valence-electron chi connectivity index (χ0n) is 12.2. The van der Waals surface area contributed by atoms with Crippen LogP contribution in [0, 0.1) is 0 Å². The standard InChI is InChI=1S/C14H14N2O3.CH5N/c1-14(7-6-11(17)15-13(14)19)16-8-9-4-2-3-5-10(9)12(16)18;1-2/h2-5H,6-8H2,1H3,(H,15,17,19);2H2,1H3. The number of fused-ring (bicyclic) bond motifs is 1. The minimum Gasteiger partial charge on any atom is -0.333 e. The van der Waals surface area contributed by atoms with Crippen LogP contribution in [0.1, 0.15) is 35.7 Å². The highest BCUT2D eigenvalue weighted by Crippen LogP contribution is 2.33. The number of nitrogens with one attached hydrogen (secondary N) is 1. The lowest BCUT2D eigenvalue weighted by Crippen LogP contribution is -2.61. The molecule has 0 radical (unpaired) electrons. The Morgan fingerprint density at radius 2 is 1.86 bits per heavy atom. The number of nitrogens with zero attached hydrogens (tertiary/aromatic N) is 1. The van der Waals surface area contributed by atoms with Gasteiger partial charge in [-0.1, -0.05) is 18.2 Å². The summed E-state index contributed by atoms with van der Waals surface area (Å²) in [6.07, 6.45) is 0.639. The predicted octanol–water partition coefficient (Wildman–Crippen LogP) is 0.413. The molecule has 3 N–H and O–H groups in total. The molecule has 2 aliphatic heterocycles. The quantitative estimate of drug-likeness (QED) is 0.732. The molecule has 0 aliphatic carbocycles. The van der Waals surface area contributed by atoms with E-state index in [-0.39, 0.29) is 24.1 Å². The first kappa shape index (κ1) is 15.2. The second-order valence-corrected chi connectivity index (χ2v) is 5.20. The molecule has 6 nitrogen and oxygen atoms in total. The molecule has 3 amide bonds. The van der Waals surface area contributed by atoms with Gasteiger partial charge in [-0.3, -0.25) is 19.7 Å². The Labute approximate surface area is 123 Å². The number of benzene rings is 1. The molecular weight excluding hydrogens is 270 g/mol. The molecule has 1 saturated heterocycles. The number of imide groups is 1. The Hall–Kier alpha value is -2.21. The van der Waals surface area contributed by atoms with Crippen LogP contribution in [0.15, 0.2) is 24.3 Å². The SMILES string of the molecule is CC1(N2Cc3ccccc3C2=O)CCC(=O)NC1=O.CN. The van der Waals surface area contributed by atoms with Gasteiger partial charge in [0.05, 0.1) is 0 Å². The van der Waals surface area contributed by atoms with E-state index in [4.69, 9.17) is 0 Å². The monoisotopic (exact) mass is 289 g/mol. The maximum atomic E-state index is 12.4. The number of amides is 3. The molecule has 0 spiro atoms. The molecule has 1 atom stereocenters. The fraction of sp³-hybridized carbons (Fsp3) is 0.400. The average molecular weight is 289 g/mol. The molecule has 0 aromatic heterocycles. The van der Waals surface area contributed by atoms with E-state index in [0.717, 1.165) is 5.56 Å². The summed E-state index contributed by atoms with van der Waals surface area (Å²) >= 11 is 0. The molecule has 1 fully saturated rings. The lowest BCUT2D eigenvalue weighted by Gasteiger charge is -2.39. The predicted molar refractivity (Wildman–Crippen MR) is 77.2 cm³/mol. The summed E-state index contributed by atoms with van der Waals surface area (Å²) in [5.41, 5.74) is 5.14. The maximum absolute atomic E-state index is 12.4. The van der Waals surface area contributed by atoms with E-state index in [0.29, 0.717) is 18.5 Å². The highest BCUT2D eigenvalue weighted by Gasteiger charge is 2.48. The summed E-state index contributed by atoms with van der Waals surface area (Å²) in [4.78, 5) is 37.3. The highest BCUT2D eigenvalue weighted by atomic mass is 16.2. The Balaban J connectivity index is 0.000000774. The number of hydrogen-bond donors (Lipinski definition) is 2. The van der Waals surface area contributed by atoms with Crippen molar-refractivity contribution < 1.29 is 14.4 Å². The van der Waals surface area contributed by atoms with Crippen LogP contribution >= 0.6 is 0 Å². The van der Waals surface area contributed by atoms with Gasteiger partial charge in [0.25, 0.3) is 11.8 Å². The number of hydrogen-bond acceptors (Lipinski definition) is 4. The van der Waals surface area contributed by atoms with E-state index in [1.807, 2.05) is 18.2 Å². The van der Waals surface area contributed by atoms with Crippen LogP contribution in [0.3, 0.4) is 0 Å². The van der Waals surface area contributed by atoms with Crippen molar-refractivity contribution in [2.24, 2.45) is 5.73 Å². The first-order valence-electron chi connectivity index (χ1n) is 6.84. The van der Waals surface area contributed by atoms with Crippen LogP contribution in [-0.2, 0) is 16.1 Å². The zero-order chi connectivity index (χ0) is 15.6. The molecule has 3 rings (SSSR count). The fourth-order valence-corrected chi connectivity index (χ4v) is 2.70. The Morgan fingerprint density at radius 3 is 2.48 bits per heavy atom. The van der Waals surface area contributed by atoms with Crippen LogP contribution in [0.4, 0.5) is 0 Å². The molecule has 21 heavy (non-hydrogen) atoms. The van der Waals surface area contributed by atoms with Gasteiger partial charge in [-0.2, -0.15) is 0 Å². The van der Waals surface area contributed by atoms with Crippen molar-refractivity contribution in [1.82, 2.24) is 10.2 Å². The summed E-state index contributed by atoms with van der Waals surface area (Å²) in [5, 5.41) is 2.32. The van der Waals surface area contributed by atoms with Gasteiger partial charge in [0.15, 0.2) is 0 Å². The summed E-state index contributed by atoms with van der Waals surface area (Å²) in [5.74, 6) is -0.792. The summed E-state index contributed by atoms with van der Waals surface area (Å²) in [7, 11) is 1.50. The summed E-state index contributed by atoms with van der Waals surface area (Å²) in [6.45, 7) is 2.14. The van der Waals surface area contributed by atoms with E-state index < -0.39 is 5.54 Å². The van der Waals surface area contributed by atoms with Crippen LogP contribution in [-0.4, -0.2) is 35.2 Å². The van der Waals surface area contributed by atoms with Crippen molar-refractivity contribution in [2.45, 2.75) is 31.8 Å². The van der Waals surface area contributed by atoms with Crippen LogP contribution in [0.25, 0.3) is 0 Å². The Kier molecular flexibility index (Phi) is 4.09. The number of carbonyl (C=O) groups is 3. The van der Waals surface area contributed by atoms with E-state index in [9.17, 15) is 14.4 Å². The number of carbonyl (C=O) groups excluding carboxylic acids is 3. The highest BCUT2D eigenvalue weighted by molar-refractivity contribution is 6.07. The molecule has 2 aliphatic rings. The molecule has 112 valence electrons. The van der Waals surface area contributed by atoms with E-state index in [1.165, 1.54) is 7.05 Å². The fourth-order valence-electron chi connectivity index (χ4n) is 2.70. The van der Waals surface area contributed by atoms with Crippen LogP contribution in [0.2, 0.25) is 0 Å². The first-order valence-corrected chi connectivity index (χ1v) is 6.84. The minimum atomic E-state index is -0.940. The number of nitrogens with two attached hydrogens (primary N) is 1. The van der Waals surface area contributed by atoms with Crippen molar-refractivity contribution >= 4 is 17.7 Å². The second kappa shape index (κ2) is 5.65. The van der Waals surface area contributed by atoms with Crippen LogP contribution in [0.5, 0.6) is 0 Å². The summed E-state index contributed by atoms with van der Waals surface area (Å²) < 4.78 is 0. The normalized spacial score (nSPS) is 24.1. The van der Waals surface area contributed by atoms with Crippen molar-refractivity contribution in [3.8, 4) is 0 Å². The summed E-state index contributed by atoms with van der Waals surface area (Å²) in [6, 6.07) is 7.35. The van der Waals surface area contributed by atoms with Gasteiger partial charge in [-0.05, 0) is 32.0 Å². The average Bonchev–Trinajstić information content (AvgIpc) is 2.84. The van der Waals surface area contributed by atoms with Gasteiger partial charge < -0.3 is 10.6 Å². The molecule has 1 aromatic rings. The third-order valence-electron chi connectivity index (χ3n) is 4.00. The maximum Gasteiger partial charge on any atom is 0.255 e. The van der Waals surface area contributed by atoms with Crippen molar-refractivity contribution in [3.05, 3.63) is 35.4 Å². The van der Waals surface area contributed by atoms with Crippen LogP contribution < -0.4 is 11.1 Å². The lowest BCUT2D eigenvalue weighted by molar-refractivity contribution is -0.142. The van der Waals surface area contributed by atoms with E-state index in [2.05, 4.69) is 11.1 Å². The lowest BCUT2D eigenvalue weighted by atomic mass is 9.89. The van der Waals surface area contributed by atoms with Crippen molar-refractivity contribution in [2.75, 3.05) is 7.05 Å². The van der Waals surface area contributed by atoms with E-state index >= 15 is 0 Å². The molecule has 6 heteroatoms. The molecule has 1 unspecified atom stereocenters. The first-order chi connectivity index (χ1) is 10.0. The third-order valence-corrected chi connectivity index (χ3v) is 4.00. The van der Waals surface area contributed by atoms with Gasteiger partial charge in [-0.15, -0.1) is 0 Å². The molecule has 1 aromatic carbocycles. The van der Waals surface area contributed by atoms with Gasteiger partial charge in [-0.25, -0.2) is 0 Å². The third kappa shape index (κ3) is 2.42. The smallest absolute Gasteiger partial charge is 0.255 e. The van der Waals surface area contributed by atoms with Gasteiger partial charge in [0.1, 0.15) is 5.54 Å². The molecule has 0 saturated carbocycles. The van der Waals surface area contributed by atoms with Gasteiger partial charge in [0, 0.05) is 18.5 Å². The molecular formula is C15H19N3O3. The zero-order valence-corrected chi connectivity index (χ0v) is 12.2. The van der Waals surface area contributed by atoms with Crippen molar-refractivity contribution in [1.29, 1.82) is 0 Å². The second-order valence-electron chi connectivity index (χ2n) is 5.20. The molecule has 0 bridgehead atoms.